The number of unbranched alkanes of at least 4 members (excludes halogenated alkanes) is 2. The molecule has 0 amide bonds. The highest BCUT2D eigenvalue weighted by Gasteiger charge is 2.12. The average Bonchev–Trinajstić information content (AvgIpc) is 2.38. The second-order valence-electron chi connectivity index (χ2n) is 4.21. The van der Waals surface area contributed by atoms with Gasteiger partial charge >= 0.3 is 0 Å². The van der Waals surface area contributed by atoms with Gasteiger partial charge in [0.15, 0.2) is 0 Å². The number of methoxy groups -OCH3 is 2. The van der Waals surface area contributed by atoms with Crippen LogP contribution in [0.3, 0.4) is 0 Å². The highest BCUT2D eigenvalue weighted by Crippen LogP contribution is 2.30. The van der Waals surface area contributed by atoms with Gasteiger partial charge < -0.3 is 15.2 Å². The van der Waals surface area contributed by atoms with Gasteiger partial charge in [-0.2, -0.15) is 0 Å². The first-order valence-corrected chi connectivity index (χ1v) is 6.20. The van der Waals surface area contributed by atoms with Crippen LogP contribution in [-0.4, -0.2) is 14.2 Å². The lowest BCUT2D eigenvalue weighted by Gasteiger charge is -2.16. The van der Waals surface area contributed by atoms with E-state index < -0.39 is 0 Å². The molecule has 0 fully saturated rings. The molecule has 0 aliphatic heterocycles. The van der Waals surface area contributed by atoms with Crippen molar-refractivity contribution in [3.8, 4) is 11.5 Å². The molecular formula is C14H24ClNO2. The highest BCUT2D eigenvalue weighted by molar-refractivity contribution is 5.85. The first-order chi connectivity index (χ1) is 8.22. The van der Waals surface area contributed by atoms with E-state index in [2.05, 4.69) is 6.92 Å². The number of halogens is 1. The Morgan fingerprint density at radius 2 is 1.89 bits per heavy atom. The first-order valence-electron chi connectivity index (χ1n) is 6.20. The molecule has 1 aromatic rings. The lowest BCUT2D eigenvalue weighted by molar-refractivity contribution is 0.393. The molecule has 18 heavy (non-hydrogen) atoms. The Bertz CT molecular complexity index is 345. The zero-order valence-electron chi connectivity index (χ0n) is 11.4. The standard InChI is InChI=1S/C14H23NO2.ClH/c1-4-5-6-7-13(15)12-10-11(16-2)8-9-14(12)17-3;/h8-10,13H,4-7,15H2,1-3H3;1H/t13-;/m0./s1. The molecule has 0 spiro atoms. The molecule has 0 heterocycles. The molecule has 3 nitrogen and oxygen atoms in total. The molecule has 0 aliphatic carbocycles. The third-order valence-corrected chi connectivity index (χ3v) is 2.96. The molecule has 104 valence electrons. The Kier molecular flexibility index (Phi) is 8.59. The number of rotatable bonds is 7. The third kappa shape index (κ3) is 4.75. The normalized spacial score (nSPS) is 11.6. The van der Waals surface area contributed by atoms with Gasteiger partial charge in [0.2, 0.25) is 0 Å². The van der Waals surface area contributed by atoms with Crippen molar-refractivity contribution in [2.45, 2.75) is 38.6 Å². The summed E-state index contributed by atoms with van der Waals surface area (Å²) < 4.78 is 10.6. The summed E-state index contributed by atoms with van der Waals surface area (Å²) in [5.41, 5.74) is 7.23. The second-order valence-corrected chi connectivity index (χ2v) is 4.21. The Balaban J connectivity index is 0.00000289. The minimum Gasteiger partial charge on any atom is -0.497 e. The smallest absolute Gasteiger partial charge is 0.123 e. The highest BCUT2D eigenvalue weighted by atomic mass is 35.5. The van der Waals surface area contributed by atoms with E-state index in [4.69, 9.17) is 15.2 Å². The molecular weight excluding hydrogens is 250 g/mol. The number of hydrogen-bond donors (Lipinski definition) is 1. The Morgan fingerprint density at radius 3 is 2.44 bits per heavy atom. The van der Waals surface area contributed by atoms with Crippen LogP contribution in [0.2, 0.25) is 0 Å². The minimum atomic E-state index is 0. The van der Waals surface area contributed by atoms with Gasteiger partial charge in [-0.15, -0.1) is 12.4 Å². The number of hydrogen-bond acceptors (Lipinski definition) is 3. The van der Waals surface area contributed by atoms with E-state index >= 15 is 0 Å². The van der Waals surface area contributed by atoms with Crippen LogP contribution in [0.4, 0.5) is 0 Å². The van der Waals surface area contributed by atoms with Crippen LogP contribution < -0.4 is 15.2 Å². The maximum Gasteiger partial charge on any atom is 0.123 e. The molecule has 1 rings (SSSR count). The van der Waals surface area contributed by atoms with Gasteiger partial charge in [-0.05, 0) is 24.6 Å². The van der Waals surface area contributed by atoms with Gasteiger partial charge in [-0.25, -0.2) is 0 Å². The lowest BCUT2D eigenvalue weighted by atomic mass is 10.00. The van der Waals surface area contributed by atoms with Gasteiger partial charge in [0.25, 0.3) is 0 Å². The molecule has 0 bridgehead atoms. The predicted molar refractivity (Wildman–Crippen MR) is 77.9 cm³/mol. The fraction of sp³-hybridized carbons (Fsp3) is 0.571. The van der Waals surface area contributed by atoms with Crippen LogP contribution >= 0.6 is 12.4 Å². The van der Waals surface area contributed by atoms with Crippen LogP contribution in [0.15, 0.2) is 18.2 Å². The van der Waals surface area contributed by atoms with E-state index in [0.717, 1.165) is 29.9 Å². The van der Waals surface area contributed by atoms with Gasteiger partial charge in [0.05, 0.1) is 14.2 Å². The van der Waals surface area contributed by atoms with Crippen LogP contribution in [0.1, 0.15) is 44.2 Å². The van der Waals surface area contributed by atoms with Gasteiger partial charge in [-0.3, -0.25) is 0 Å². The maximum atomic E-state index is 6.20. The number of ether oxygens (including phenoxy) is 2. The molecule has 0 unspecified atom stereocenters. The predicted octanol–water partition coefficient (Wildman–Crippen LogP) is 3.71. The molecule has 1 atom stereocenters. The fourth-order valence-electron chi connectivity index (χ4n) is 1.90. The number of nitrogens with two attached hydrogens (primary N) is 1. The zero-order chi connectivity index (χ0) is 12.7. The molecule has 4 heteroatoms. The third-order valence-electron chi connectivity index (χ3n) is 2.96. The summed E-state index contributed by atoms with van der Waals surface area (Å²) in [5, 5.41) is 0. The van der Waals surface area contributed by atoms with Crippen molar-refractivity contribution >= 4 is 12.4 Å². The van der Waals surface area contributed by atoms with E-state index in [9.17, 15) is 0 Å². The van der Waals surface area contributed by atoms with Crippen molar-refractivity contribution < 1.29 is 9.47 Å². The van der Waals surface area contributed by atoms with Gasteiger partial charge in [0, 0.05) is 11.6 Å². The van der Waals surface area contributed by atoms with E-state index in [1.165, 1.54) is 12.8 Å². The molecule has 0 aliphatic rings. The summed E-state index contributed by atoms with van der Waals surface area (Å²) >= 11 is 0. The van der Waals surface area contributed by atoms with Crippen molar-refractivity contribution in [2.75, 3.05) is 14.2 Å². The monoisotopic (exact) mass is 273 g/mol. The molecule has 0 radical (unpaired) electrons. The van der Waals surface area contributed by atoms with Crippen LogP contribution in [0, 0.1) is 0 Å². The quantitative estimate of drug-likeness (QED) is 0.771. The Morgan fingerprint density at radius 1 is 1.17 bits per heavy atom. The van der Waals surface area contributed by atoms with Gasteiger partial charge in [0.1, 0.15) is 11.5 Å². The molecule has 2 N–H and O–H groups in total. The van der Waals surface area contributed by atoms with Crippen molar-refractivity contribution in [2.24, 2.45) is 5.73 Å². The fourth-order valence-corrected chi connectivity index (χ4v) is 1.90. The zero-order valence-corrected chi connectivity index (χ0v) is 12.3. The summed E-state index contributed by atoms with van der Waals surface area (Å²) in [7, 11) is 3.33. The molecule has 0 saturated heterocycles. The van der Waals surface area contributed by atoms with Crippen LogP contribution in [0.25, 0.3) is 0 Å². The van der Waals surface area contributed by atoms with Gasteiger partial charge in [-0.1, -0.05) is 26.2 Å². The van der Waals surface area contributed by atoms with Crippen molar-refractivity contribution in [1.29, 1.82) is 0 Å². The topological polar surface area (TPSA) is 44.5 Å². The van der Waals surface area contributed by atoms with Crippen LogP contribution in [-0.2, 0) is 0 Å². The lowest BCUT2D eigenvalue weighted by Crippen LogP contribution is -2.11. The van der Waals surface area contributed by atoms with Crippen molar-refractivity contribution in [3.63, 3.8) is 0 Å². The minimum absolute atomic E-state index is 0. The van der Waals surface area contributed by atoms with E-state index in [1.807, 2.05) is 18.2 Å². The van der Waals surface area contributed by atoms with Crippen LogP contribution in [0.5, 0.6) is 11.5 Å². The Hall–Kier alpha value is -0.930. The van der Waals surface area contributed by atoms with Crippen molar-refractivity contribution in [3.05, 3.63) is 23.8 Å². The summed E-state index contributed by atoms with van der Waals surface area (Å²) in [4.78, 5) is 0. The molecule has 1 aromatic carbocycles. The maximum absolute atomic E-state index is 6.20. The SMILES string of the molecule is CCCCC[C@H](N)c1cc(OC)ccc1OC.Cl. The summed E-state index contributed by atoms with van der Waals surface area (Å²) in [6, 6.07) is 5.79. The molecule has 0 aromatic heterocycles. The Labute approximate surface area is 116 Å². The summed E-state index contributed by atoms with van der Waals surface area (Å²) in [5.74, 6) is 1.67. The average molecular weight is 274 g/mol. The summed E-state index contributed by atoms with van der Waals surface area (Å²) in [6.07, 6.45) is 4.57. The number of benzene rings is 1. The molecule has 0 saturated carbocycles. The van der Waals surface area contributed by atoms with E-state index in [1.54, 1.807) is 14.2 Å². The largest absolute Gasteiger partial charge is 0.497 e. The van der Waals surface area contributed by atoms with Crippen molar-refractivity contribution in [1.82, 2.24) is 0 Å². The first kappa shape index (κ1) is 17.1. The second kappa shape index (κ2) is 9.06. The summed E-state index contributed by atoms with van der Waals surface area (Å²) in [6.45, 7) is 2.19. The van der Waals surface area contributed by atoms with E-state index in [0.29, 0.717) is 0 Å². The van der Waals surface area contributed by atoms with E-state index in [-0.39, 0.29) is 18.4 Å².